The summed E-state index contributed by atoms with van der Waals surface area (Å²) in [6.07, 6.45) is -2.79. The number of carboxylic acids is 1. The Morgan fingerprint density at radius 2 is 2.03 bits per heavy atom. The van der Waals surface area contributed by atoms with Crippen molar-refractivity contribution < 1.29 is 27.6 Å². The van der Waals surface area contributed by atoms with Crippen LogP contribution in [0.4, 0.5) is 13.2 Å². The van der Waals surface area contributed by atoms with E-state index in [9.17, 15) is 18.0 Å². The van der Waals surface area contributed by atoms with E-state index in [-0.39, 0.29) is 36.4 Å². The monoisotopic (exact) mass is 434 g/mol. The zero-order chi connectivity index (χ0) is 20.3. The maximum atomic E-state index is 12.8. The highest BCUT2D eigenvalue weighted by Crippen LogP contribution is 2.31. The lowest BCUT2D eigenvalue weighted by molar-refractivity contribution is -0.139. The van der Waals surface area contributed by atoms with Crippen molar-refractivity contribution in [3.8, 4) is 11.4 Å². The van der Waals surface area contributed by atoms with Crippen molar-refractivity contribution in [2.45, 2.75) is 31.6 Å². The van der Waals surface area contributed by atoms with Gasteiger partial charge in [0.25, 0.3) is 0 Å². The van der Waals surface area contributed by atoms with Gasteiger partial charge in [-0.3, -0.25) is 14.6 Å². The molecule has 1 saturated heterocycles. The van der Waals surface area contributed by atoms with Gasteiger partial charge < -0.3 is 9.63 Å². The van der Waals surface area contributed by atoms with E-state index in [2.05, 4.69) is 15.0 Å². The van der Waals surface area contributed by atoms with Crippen molar-refractivity contribution in [1.29, 1.82) is 0 Å². The number of aromatic nitrogens is 2. The predicted octanol–water partition coefficient (Wildman–Crippen LogP) is 3.16. The molecule has 1 aliphatic rings. The maximum Gasteiger partial charge on any atom is 0.416 e. The van der Waals surface area contributed by atoms with Crippen molar-refractivity contribution in [3.63, 3.8) is 0 Å². The fourth-order valence-corrected chi connectivity index (χ4v) is 3.32. The number of carboxylic acid groups (broad SMARTS) is 1. The van der Waals surface area contributed by atoms with Crippen LogP contribution in [0.5, 0.6) is 0 Å². The molecule has 0 saturated carbocycles. The first-order valence-corrected chi connectivity index (χ1v) is 8.87. The van der Waals surface area contributed by atoms with Crippen LogP contribution in [0.2, 0.25) is 0 Å². The third-order valence-corrected chi connectivity index (χ3v) is 4.84. The van der Waals surface area contributed by atoms with Crippen molar-refractivity contribution in [2.24, 2.45) is 0 Å². The second kappa shape index (κ2) is 9.55. The average molecular weight is 435 g/mol. The third-order valence-electron chi connectivity index (χ3n) is 4.84. The Labute approximate surface area is 171 Å². The van der Waals surface area contributed by atoms with Gasteiger partial charge in [0, 0.05) is 24.7 Å². The van der Waals surface area contributed by atoms with Crippen LogP contribution in [0.1, 0.15) is 24.3 Å². The van der Waals surface area contributed by atoms with Crippen molar-refractivity contribution >= 4 is 18.4 Å². The largest absolute Gasteiger partial charge is 0.480 e. The van der Waals surface area contributed by atoms with Gasteiger partial charge in [0.2, 0.25) is 11.7 Å². The number of aliphatic carboxylic acids is 1. The molecule has 1 aliphatic heterocycles. The van der Waals surface area contributed by atoms with Gasteiger partial charge in [0.05, 0.1) is 18.7 Å². The minimum atomic E-state index is -4.43. The molecule has 0 radical (unpaired) electrons. The molecule has 1 aromatic carbocycles. The molecule has 2 aromatic rings. The minimum Gasteiger partial charge on any atom is -0.480 e. The first-order chi connectivity index (χ1) is 13.2. The number of piperidine rings is 1. The number of alkyl halides is 3. The number of benzene rings is 1. The zero-order valence-corrected chi connectivity index (χ0v) is 16.5. The number of rotatable bonds is 6. The van der Waals surface area contributed by atoms with Crippen LogP contribution >= 0.6 is 12.4 Å². The van der Waals surface area contributed by atoms with Gasteiger partial charge in [-0.25, -0.2) is 0 Å². The van der Waals surface area contributed by atoms with Crippen LogP contribution < -0.4 is 0 Å². The lowest BCUT2D eigenvalue weighted by atomic mass is 10.0. The molecular weight excluding hydrogens is 413 g/mol. The second-order valence-electron chi connectivity index (χ2n) is 6.91. The Morgan fingerprint density at radius 3 is 2.66 bits per heavy atom. The van der Waals surface area contributed by atoms with E-state index in [1.165, 1.54) is 12.1 Å². The summed E-state index contributed by atoms with van der Waals surface area (Å²) in [4.78, 5) is 19.0. The predicted molar refractivity (Wildman–Crippen MR) is 101 cm³/mol. The first kappa shape index (κ1) is 23.1. The quantitative estimate of drug-likeness (QED) is 0.747. The lowest BCUT2D eigenvalue weighted by Gasteiger charge is -2.35. The van der Waals surface area contributed by atoms with E-state index in [0.717, 1.165) is 38.1 Å². The fraction of sp³-hybridized carbons (Fsp3) is 0.500. The molecule has 0 amide bonds. The molecule has 160 valence electrons. The minimum absolute atomic E-state index is 0. The fourth-order valence-electron chi connectivity index (χ4n) is 3.32. The summed E-state index contributed by atoms with van der Waals surface area (Å²) in [6.45, 7) is 1.90. The average Bonchev–Trinajstić information content (AvgIpc) is 3.10. The van der Waals surface area contributed by atoms with E-state index in [4.69, 9.17) is 9.63 Å². The van der Waals surface area contributed by atoms with E-state index in [0.29, 0.717) is 12.4 Å². The van der Waals surface area contributed by atoms with Gasteiger partial charge in [-0.1, -0.05) is 17.3 Å². The highest BCUT2D eigenvalue weighted by atomic mass is 35.5. The SMILES string of the molecule is CN(CC(=O)O)C1CCN(Cc2nc(-c3cccc(C(F)(F)F)c3)no2)CC1.Cl. The summed E-state index contributed by atoms with van der Waals surface area (Å²) < 4.78 is 43.7. The summed E-state index contributed by atoms with van der Waals surface area (Å²) in [6, 6.07) is 5.02. The van der Waals surface area contributed by atoms with Gasteiger partial charge in [0.1, 0.15) is 0 Å². The maximum absolute atomic E-state index is 12.8. The van der Waals surface area contributed by atoms with Crippen molar-refractivity contribution in [1.82, 2.24) is 19.9 Å². The van der Waals surface area contributed by atoms with Crippen LogP contribution in [0.25, 0.3) is 11.4 Å². The standard InChI is InChI=1S/C18H21F3N4O3.ClH/c1-24(11-16(26)27)14-5-7-25(8-6-14)10-15-22-17(23-28-15)12-3-2-4-13(9-12)18(19,20)21;/h2-4,9,14H,5-8,10-11H2,1H3,(H,26,27);1H. The summed E-state index contributed by atoms with van der Waals surface area (Å²) in [5, 5.41) is 12.7. The molecule has 7 nitrogen and oxygen atoms in total. The van der Waals surface area contributed by atoms with Crippen LogP contribution in [-0.2, 0) is 17.5 Å². The van der Waals surface area contributed by atoms with Crippen LogP contribution in [-0.4, -0.2) is 63.7 Å². The molecule has 0 atom stereocenters. The molecular formula is C18H22ClF3N4O3. The lowest BCUT2D eigenvalue weighted by Crippen LogP contribution is -2.44. The number of carbonyl (C=O) groups is 1. The molecule has 0 unspecified atom stereocenters. The zero-order valence-electron chi connectivity index (χ0n) is 15.7. The molecule has 1 N–H and O–H groups in total. The van der Waals surface area contributed by atoms with Crippen LogP contribution in [0.3, 0.4) is 0 Å². The van der Waals surface area contributed by atoms with E-state index >= 15 is 0 Å². The number of halogens is 4. The first-order valence-electron chi connectivity index (χ1n) is 8.87. The molecule has 1 aromatic heterocycles. The van der Waals surface area contributed by atoms with Crippen molar-refractivity contribution in [2.75, 3.05) is 26.7 Å². The number of hydrogen-bond acceptors (Lipinski definition) is 6. The molecule has 2 heterocycles. The van der Waals surface area contributed by atoms with Gasteiger partial charge >= 0.3 is 12.1 Å². The molecule has 3 rings (SSSR count). The number of hydrogen-bond donors (Lipinski definition) is 1. The van der Waals surface area contributed by atoms with E-state index < -0.39 is 17.7 Å². The van der Waals surface area contributed by atoms with Gasteiger partial charge in [-0.15, -0.1) is 12.4 Å². The molecule has 0 aliphatic carbocycles. The van der Waals surface area contributed by atoms with E-state index in [1.54, 1.807) is 7.05 Å². The second-order valence-corrected chi connectivity index (χ2v) is 6.91. The summed E-state index contributed by atoms with van der Waals surface area (Å²) in [7, 11) is 1.80. The van der Waals surface area contributed by atoms with Crippen molar-refractivity contribution in [3.05, 3.63) is 35.7 Å². The number of nitrogens with zero attached hydrogens (tertiary/aromatic N) is 4. The molecule has 29 heavy (non-hydrogen) atoms. The van der Waals surface area contributed by atoms with Gasteiger partial charge in [0.15, 0.2) is 0 Å². The number of likely N-dealkylation sites (N-methyl/N-ethyl adjacent to an activating group) is 1. The molecule has 11 heteroatoms. The van der Waals surface area contributed by atoms with Crippen LogP contribution in [0.15, 0.2) is 28.8 Å². The molecule has 0 bridgehead atoms. The Kier molecular flexibility index (Phi) is 7.61. The summed E-state index contributed by atoms with van der Waals surface area (Å²) >= 11 is 0. The van der Waals surface area contributed by atoms with Gasteiger partial charge in [-0.05, 0) is 32.0 Å². The Bertz CT molecular complexity index is 823. The van der Waals surface area contributed by atoms with Gasteiger partial charge in [-0.2, -0.15) is 18.2 Å². The smallest absolute Gasteiger partial charge is 0.416 e. The van der Waals surface area contributed by atoms with Crippen LogP contribution in [0, 0.1) is 0 Å². The third kappa shape index (κ3) is 6.15. The molecule has 1 fully saturated rings. The van der Waals surface area contributed by atoms with E-state index in [1.807, 2.05) is 4.90 Å². The summed E-state index contributed by atoms with van der Waals surface area (Å²) in [5.74, 6) is -0.389. The Balaban J connectivity index is 0.00000300. The molecule has 0 spiro atoms. The number of likely N-dealkylation sites (tertiary alicyclic amines) is 1. The summed E-state index contributed by atoms with van der Waals surface area (Å²) in [5.41, 5.74) is -0.511. The normalized spacial score (nSPS) is 16.0. The Morgan fingerprint density at radius 1 is 1.34 bits per heavy atom. The highest BCUT2D eigenvalue weighted by molar-refractivity contribution is 5.85. The highest BCUT2D eigenvalue weighted by Gasteiger charge is 2.31. The topological polar surface area (TPSA) is 82.7 Å². The Hall–Kier alpha value is -2.17.